The smallest absolute Gasteiger partial charge is 0.409 e. The average Bonchev–Trinajstić information content (AvgIpc) is 2.68. The number of hydrogen-bond donors (Lipinski definition) is 2. The molecule has 0 unspecified atom stereocenters. The van der Waals surface area contributed by atoms with E-state index in [-0.39, 0.29) is 36.0 Å². The monoisotopic (exact) mass is 526 g/mol. The van der Waals surface area contributed by atoms with E-state index in [0.717, 1.165) is 57.6 Å². The Balaban J connectivity index is 0.00000784. The van der Waals surface area contributed by atoms with Crippen LogP contribution in [0.3, 0.4) is 0 Å². The van der Waals surface area contributed by atoms with Crippen molar-refractivity contribution in [1.82, 2.24) is 15.5 Å². The number of unbranched alkanes of at least 4 members (excludes halogenated alkanes) is 3. The SMILES string of the molecule is CCNC(=NCCCCCCC(=O)OCC)NC1CCN(C(=O)OCC)CC1.I. The first kappa shape index (κ1) is 27.7. The second kappa shape index (κ2) is 17.6. The Labute approximate surface area is 192 Å². The summed E-state index contributed by atoms with van der Waals surface area (Å²) in [5.41, 5.74) is 0. The van der Waals surface area contributed by atoms with Crippen molar-refractivity contribution in [3.05, 3.63) is 0 Å². The summed E-state index contributed by atoms with van der Waals surface area (Å²) >= 11 is 0. The molecule has 0 saturated carbocycles. The van der Waals surface area contributed by atoms with Gasteiger partial charge in [0.05, 0.1) is 13.2 Å². The highest BCUT2D eigenvalue weighted by atomic mass is 127. The number of guanidine groups is 1. The van der Waals surface area contributed by atoms with Gasteiger partial charge in [0, 0.05) is 38.6 Å². The van der Waals surface area contributed by atoms with Crippen LogP contribution in [-0.2, 0) is 14.3 Å². The van der Waals surface area contributed by atoms with Crippen molar-refractivity contribution in [2.75, 3.05) is 39.4 Å². The predicted octanol–water partition coefficient (Wildman–Crippen LogP) is 3.29. The van der Waals surface area contributed by atoms with Crippen molar-refractivity contribution in [3.63, 3.8) is 0 Å². The summed E-state index contributed by atoms with van der Waals surface area (Å²) < 4.78 is 9.99. The fraction of sp³-hybridized carbons (Fsp3) is 0.850. The summed E-state index contributed by atoms with van der Waals surface area (Å²) in [6.45, 7) is 9.56. The Morgan fingerprint density at radius 2 is 1.66 bits per heavy atom. The van der Waals surface area contributed by atoms with Gasteiger partial charge in [0.25, 0.3) is 0 Å². The number of carbonyl (C=O) groups excluding carboxylic acids is 2. The van der Waals surface area contributed by atoms with Gasteiger partial charge in [-0.15, -0.1) is 24.0 Å². The molecule has 2 N–H and O–H groups in total. The average molecular weight is 526 g/mol. The van der Waals surface area contributed by atoms with Crippen LogP contribution in [0.25, 0.3) is 0 Å². The zero-order valence-corrected chi connectivity index (χ0v) is 20.5. The predicted molar refractivity (Wildman–Crippen MR) is 126 cm³/mol. The maximum absolute atomic E-state index is 11.8. The Bertz CT molecular complexity index is 483. The molecule has 0 radical (unpaired) electrons. The number of halogens is 1. The second-order valence-electron chi connectivity index (χ2n) is 6.83. The molecule has 8 nitrogen and oxygen atoms in total. The molecular weight excluding hydrogens is 487 g/mol. The van der Waals surface area contributed by atoms with Gasteiger partial charge in [-0.05, 0) is 46.5 Å². The summed E-state index contributed by atoms with van der Waals surface area (Å²) in [7, 11) is 0. The van der Waals surface area contributed by atoms with Crippen molar-refractivity contribution in [1.29, 1.82) is 0 Å². The standard InChI is InChI=1S/C20H38N4O4.HI/c1-4-21-19(22-14-10-8-7-9-11-18(25)27-5-2)23-17-12-15-24(16-13-17)20(26)28-6-3;/h17H,4-16H2,1-3H3,(H2,21,22,23);1H. The molecule has 1 aliphatic heterocycles. The van der Waals surface area contributed by atoms with E-state index in [4.69, 9.17) is 9.47 Å². The van der Waals surface area contributed by atoms with Crippen LogP contribution in [0.2, 0.25) is 0 Å². The molecule has 1 rings (SSSR count). The fourth-order valence-electron chi connectivity index (χ4n) is 3.09. The summed E-state index contributed by atoms with van der Waals surface area (Å²) in [6.07, 6.45) is 6.01. The third kappa shape index (κ3) is 12.8. The lowest BCUT2D eigenvalue weighted by molar-refractivity contribution is -0.143. The quantitative estimate of drug-likeness (QED) is 0.141. The van der Waals surface area contributed by atoms with Crippen LogP contribution >= 0.6 is 24.0 Å². The summed E-state index contributed by atoms with van der Waals surface area (Å²) in [6, 6.07) is 0.313. The maximum atomic E-state index is 11.8. The third-order valence-electron chi connectivity index (χ3n) is 4.57. The molecule has 0 aromatic rings. The van der Waals surface area contributed by atoms with E-state index >= 15 is 0 Å². The van der Waals surface area contributed by atoms with E-state index in [1.54, 1.807) is 4.90 Å². The molecule has 0 atom stereocenters. The number of carbonyl (C=O) groups is 2. The second-order valence-corrected chi connectivity index (χ2v) is 6.83. The number of likely N-dealkylation sites (tertiary alicyclic amines) is 1. The number of piperidine rings is 1. The molecule has 0 bridgehead atoms. The number of esters is 1. The zero-order chi connectivity index (χ0) is 20.6. The highest BCUT2D eigenvalue weighted by Crippen LogP contribution is 2.11. The number of hydrogen-bond acceptors (Lipinski definition) is 5. The molecule has 0 aromatic heterocycles. The topological polar surface area (TPSA) is 92.3 Å². The number of amides is 1. The summed E-state index contributed by atoms with van der Waals surface area (Å²) in [5.74, 6) is 0.733. The highest BCUT2D eigenvalue weighted by Gasteiger charge is 2.23. The van der Waals surface area contributed by atoms with Gasteiger partial charge in [0.2, 0.25) is 0 Å². The van der Waals surface area contributed by atoms with E-state index in [9.17, 15) is 9.59 Å². The molecular formula is C20H39IN4O4. The van der Waals surface area contributed by atoms with Crippen LogP contribution in [0.4, 0.5) is 4.79 Å². The lowest BCUT2D eigenvalue weighted by Gasteiger charge is -2.32. The van der Waals surface area contributed by atoms with Gasteiger partial charge in [0.15, 0.2) is 5.96 Å². The summed E-state index contributed by atoms with van der Waals surface area (Å²) in [5, 5.41) is 6.77. The van der Waals surface area contributed by atoms with E-state index in [0.29, 0.717) is 38.8 Å². The van der Waals surface area contributed by atoms with Gasteiger partial charge in [-0.2, -0.15) is 0 Å². The number of aliphatic imine (C=N–C) groups is 1. The molecule has 0 aromatic carbocycles. The first-order valence-electron chi connectivity index (χ1n) is 10.7. The Morgan fingerprint density at radius 1 is 1.00 bits per heavy atom. The molecule has 1 aliphatic rings. The van der Waals surface area contributed by atoms with Crippen LogP contribution in [-0.4, -0.2) is 68.4 Å². The Kier molecular flexibility index (Phi) is 16.8. The lowest BCUT2D eigenvalue weighted by Crippen LogP contribution is -2.49. The minimum Gasteiger partial charge on any atom is -0.466 e. The van der Waals surface area contributed by atoms with Crippen molar-refractivity contribution in [2.45, 2.75) is 71.8 Å². The first-order chi connectivity index (χ1) is 13.6. The molecule has 1 saturated heterocycles. The van der Waals surface area contributed by atoms with E-state index in [1.165, 1.54) is 0 Å². The first-order valence-corrected chi connectivity index (χ1v) is 10.7. The zero-order valence-electron chi connectivity index (χ0n) is 18.2. The highest BCUT2D eigenvalue weighted by molar-refractivity contribution is 14.0. The largest absolute Gasteiger partial charge is 0.466 e. The Morgan fingerprint density at radius 3 is 2.28 bits per heavy atom. The van der Waals surface area contributed by atoms with Gasteiger partial charge in [-0.25, -0.2) is 4.79 Å². The summed E-state index contributed by atoms with van der Waals surface area (Å²) in [4.78, 5) is 29.5. The van der Waals surface area contributed by atoms with E-state index in [2.05, 4.69) is 22.5 Å². The van der Waals surface area contributed by atoms with Crippen molar-refractivity contribution in [3.8, 4) is 0 Å². The molecule has 1 heterocycles. The van der Waals surface area contributed by atoms with Crippen LogP contribution in [0, 0.1) is 0 Å². The Hall–Kier alpha value is -1.26. The fourth-order valence-corrected chi connectivity index (χ4v) is 3.09. The molecule has 1 fully saturated rings. The number of rotatable bonds is 11. The van der Waals surface area contributed by atoms with Gasteiger partial charge >= 0.3 is 12.1 Å². The third-order valence-corrected chi connectivity index (χ3v) is 4.57. The van der Waals surface area contributed by atoms with Crippen LogP contribution in [0.15, 0.2) is 4.99 Å². The van der Waals surface area contributed by atoms with Gasteiger partial charge in [-0.1, -0.05) is 12.8 Å². The molecule has 170 valence electrons. The van der Waals surface area contributed by atoms with Crippen LogP contribution in [0.1, 0.15) is 65.7 Å². The molecule has 9 heteroatoms. The van der Waals surface area contributed by atoms with E-state index in [1.807, 2.05) is 13.8 Å². The number of nitrogens with zero attached hydrogens (tertiary/aromatic N) is 2. The van der Waals surface area contributed by atoms with Crippen molar-refractivity contribution >= 4 is 42.0 Å². The normalized spacial score (nSPS) is 14.7. The van der Waals surface area contributed by atoms with Crippen molar-refractivity contribution in [2.24, 2.45) is 4.99 Å². The number of nitrogens with one attached hydrogen (secondary N) is 2. The van der Waals surface area contributed by atoms with Gasteiger partial charge in [-0.3, -0.25) is 9.79 Å². The van der Waals surface area contributed by atoms with Gasteiger partial charge in [0.1, 0.15) is 0 Å². The van der Waals surface area contributed by atoms with E-state index < -0.39 is 0 Å². The minimum atomic E-state index is -0.218. The molecule has 29 heavy (non-hydrogen) atoms. The van der Waals surface area contributed by atoms with Crippen LogP contribution in [0.5, 0.6) is 0 Å². The van der Waals surface area contributed by atoms with Crippen molar-refractivity contribution < 1.29 is 19.1 Å². The maximum Gasteiger partial charge on any atom is 0.409 e. The van der Waals surface area contributed by atoms with Crippen LogP contribution < -0.4 is 10.6 Å². The number of ether oxygens (including phenoxy) is 2. The minimum absolute atomic E-state index is 0. The lowest BCUT2D eigenvalue weighted by atomic mass is 10.1. The molecule has 0 spiro atoms. The molecule has 0 aliphatic carbocycles. The van der Waals surface area contributed by atoms with Gasteiger partial charge < -0.3 is 25.0 Å². The molecule has 1 amide bonds.